The summed E-state index contributed by atoms with van der Waals surface area (Å²) in [6, 6.07) is 14.8. The van der Waals surface area contributed by atoms with E-state index in [2.05, 4.69) is 10.3 Å². The lowest BCUT2D eigenvalue weighted by atomic mass is 10.2. The number of para-hydroxylation sites is 1. The number of amides is 1. The molecular weight excluding hydrogens is 330 g/mol. The Morgan fingerprint density at radius 2 is 1.67 bits per heavy atom. The van der Waals surface area contributed by atoms with Gasteiger partial charge in [0.25, 0.3) is 11.5 Å². The average molecular weight is 342 g/mol. The number of rotatable bonds is 3. The van der Waals surface area contributed by atoms with E-state index in [1.165, 1.54) is 0 Å². The van der Waals surface area contributed by atoms with Gasteiger partial charge in [-0.3, -0.25) is 9.59 Å². The lowest BCUT2D eigenvalue weighted by Crippen LogP contribution is -2.38. The Labute approximate surface area is 141 Å². The predicted octanol–water partition coefficient (Wildman–Crippen LogP) is 2.43. The third-order valence-corrected chi connectivity index (χ3v) is 3.59. The van der Waals surface area contributed by atoms with Crippen LogP contribution in [0.4, 0.5) is 5.69 Å². The Balaban J connectivity index is 2.00. The Hall–Kier alpha value is -3.12. The van der Waals surface area contributed by atoms with Crippen molar-refractivity contribution >= 4 is 23.2 Å². The topological polar surface area (TPSA) is 84.0 Å². The highest BCUT2D eigenvalue weighted by molar-refractivity contribution is 6.30. The Morgan fingerprint density at radius 3 is 2.33 bits per heavy atom. The molecule has 0 unspecified atom stereocenters. The fourth-order valence-electron chi connectivity index (χ4n) is 2.18. The minimum absolute atomic E-state index is 0.173. The number of H-pyrrole nitrogens is 1. The quantitative estimate of drug-likeness (QED) is 0.767. The van der Waals surface area contributed by atoms with E-state index in [9.17, 15) is 14.4 Å². The zero-order valence-electron chi connectivity index (χ0n) is 12.3. The molecule has 1 amide bonds. The molecule has 120 valence electrons. The van der Waals surface area contributed by atoms with Crippen molar-refractivity contribution in [1.29, 1.82) is 0 Å². The molecule has 0 saturated heterocycles. The number of hydrogen-bond donors (Lipinski definition) is 2. The minimum Gasteiger partial charge on any atom is -0.322 e. The standard InChI is InChI=1S/C17H12ClN3O3/c18-11-6-8-12(9-7-11)20-15(22)14-10-19-17(24)21(16(14)23)13-4-2-1-3-5-13/h1-10H,(H,19,24)(H,20,22). The van der Waals surface area contributed by atoms with Gasteiger partial charge in [0.05, 0.1) is 5.69 Å². The van der Waals surface area contributed by atoms with Gasteiger partial charge in [0.15, 0.2) is 0 Å². The van der Waals surface area contributed by atoms with Crippen LogP contribution in [0.3, 0.4) is 0 Å². The van der Waals surface area contributed by atoms with E-state index in [4.69, 9.17) is 11.6 Å². The number of anilines is 1. The molecule has 24 heavy (non-hydrogen) atoms. The van der Waals surface area contributed by atoms with E-state index in [1.807, 2.05) is 0 Å². The molecule has 0 saturated carbocycles. The molecule has 0 bridgehead atoms. The maximum atomic E-state index is 12.5. The van der Waals surface area contributed by atoms with Crippen molar-refractivity contribution < 1.29 is 4.79 Å². The first-order valence-corrected chi connectivity index (χ1v) is 7.41. The Morgan fingerprint density at radius 1 is 1.00 bits per heavy atom. The van der Waals surface area contributed by atoms with Gasteiger partial charge in [-0.1, -0.05) is 29.8 Å². The van der Waals surface area contributed by atoms with Crippen molar-refractivity contribution in [3.05, 3.63) is 92.2 Å². The van der Waals surface area contributed by atoms with Crippen molar-refractivity contribution in [3.8, 4) is 5.69 Å². The van der Waals surface area contributed by atoms with Crippen molar-refractivity contribution in [2.45, 2.75) is 0 Å². The summed E-state index contributed by atoms with van der Waals surface area (Å²) in [6.07, 6.45) is 1.11. The monoisotopic (exact) mass is 341 g/mol. The van der Waals surface area contributed by atoms with Gasteiger partial charge in [-0.15, -0.1) is 0 Å². The van der Waals surface area contributed by atoms with E-state index in [0.717, 1.165) is 10.8 Å². The molecule has 0 radical (unpaired) electrons. The van der Waals surface area contributed by atoms with Crippen molar-refractivity contribution in [1.82, 2.24) is 9.55 Å². The molecule has 0 aliphatic heterocycles. The molecule has 7 heteroatoms. The number of halogens is 1. The lowest BCUT2D eigenvalue weighted by Gasteiger charge is -2.08. The summed E-state index contributed by atoms with van der Waals surface area (Å²) in [5, 5.41) is 3.12. The summed E-state index contributed by atoms with van der Waals surface area (Å²) in [4.78, 5) is 39.3. The summed E-state index contributed by atoms with van der Waals surface area (Å²) < 4.78 is 0.913. The van der Waals surface area contributed by atoms with E-state index in [0.29, 0.717) is 16.4 Å². The molecule has 0 spiro atoms. The number of carbonyl (C=O) groups excluding carboxylic acids is 1. The van der Waals surface area contributed by atoms with Gasteiger partial charge in [-0.25, -0.2) is 9.36 Å². The van der Waals surface area contributed by atoms with Gasteiger partial charge < -0.3 is 10.3 Å². The molecular formula is C17H12ClN3O3. The number of aromatic nitrogens is 2. The highest BCUT2D eigenvalue weighted by Crippen LogP contribution is 2.13. The number of hydrogen-bond acceptors (Lipinski definition) is 3. The normalized spacial score (nSPS) is 10.4. The smallest absolute Gasteiger partial charge is 0.322 e. The van der Waals surface area contributed by atoms with Crippen molar-refractivity contribution in [2.24, 2.45) is 0 Å². The number of nitrogens with zero attached hydrogens (tertiary/aromatic N) is 1. The largest absolute Gasteiger partial charge is 0.333 e. The van der Waals surface area contributed by atoms with Crippen molar-refractivity contribution in [2.75, 3.05) is 5.32 Å². The van der Waals surface area contributed by atoms with Crippen LogP contribution in [0.25, 0.3) is 5.69 Å². The number of aromatic amines is 1. The first-order chi connectivity index (χ1) is 11.6. The second kappa shape index (κ2) is 6.55. The molecule has 0 fully saturated rings. The molecule has 3 rings (SSSR count). The molecule has 0 atom stereocenters. The second-order valence-electron chi connectivity index (χ2n) is 4.94. The second-order valence-corrected chi connectivity index (χ2v) is 5.38. The van der Waals surface area contributed by atoms with Crippen LogP contribution in [0.2, 0.25) is 5.02 Å². The van der Waals surface area contributed by atoms with Crippen LogP contribution in [0.15, 0.2) is 70.4 Å². The summed E-state index contributed by atoms with van der Waals surface area (Å²) in [5.41, 5.74) is -0.620. The van der Waals surface area contributed by atoms with Gasteiger partial charge >= 0.3 is 5.69 Å². The zero-order valence-corrected chi connectivity index (χ0v) is 13.1. The fraction of sp³-hybridized carbons (Fsp3) is 0. The predicted molar refractivity (Wildman–Crippen MR) is 92.1 cm³/mol. The van der Waals surface area contributed by atoms with Crippen LogP contribution in [0.5, 0.6) is 0 Å². The molecule has 2 N–H and O–H groups in total. The van der Waals surface area contributed by atoms with Crippen LogP contribution in [0.1, 0.15) is 10.4 Å². The van der Waals surface area contributed by atoms with E-state index >= 15 is 0 Å². The molecule has 3 aromatic rings. The first kappa shape index (κ1) is 15.8. The SMILES string of the molecule is O=C(Nc1ccc(Cl)cc1)c1c[nH]c(=O)n(-c2ccccc2)c1=O. The molecule has 6 nitrogen and oxygen atoms in total. The van der Waals surface area contributed by atoms with Crippen LogP contribution >= 0.6 is 11.6 Å². The molecule has 1 aromatic heterocycles. The Bertz CT molecular complexity index is 992. The number of benzene rings is 2. The third-order valence-electron chi connectivity index (χ3n) is 3.34. The maximum Gasteiger partial charge on any atom is 0.333 e. The van der Waals surface area contributed by atoms with Gasteiger partial charge in [0.1, 0.15) is 5.56 Å². The third kappa shape index (κ3) is 3.13. The highest BCUT2D eigenvalue weighted by Gasteiger charge is 2.15. The minimum atomic E-state index is -0.698. The Kier molecular flexibility index (Phi) is 4.31. The molecule has 0 aliphatic rings. The number of carbonyl (C=O) groups is 1. The maximum absolute atomic E-state index is 12.5. The van der Waals surface area contributed by atoms with E-state index < -0.39 is 17.2 Å². The summed E-state index contributed by atoms with van der Waals surface area (Å²) in [7, 11) is 0. The summed E-state index contributed by atoms with van der Waals surface area (Å²) in [5.74, 6) is -0.622. The van der Waals surface area contributed by atoms with Crippen molar-refractivity contribution in [3.63, 3.8) is 0 Å². The van der Waals surface area contributed by atoms with Crippen LogP contribution in [-0.4, -0.2) is 15.5 Å². The molecule has 1 heterocycles. The summed E-state index contributed by atoms with van der Waals surface area (Å²) >= 11 is 5.79. The highest BCUT2D eigenvalue weighted by atomic mass is 35.5. The van der Waals surface area contributed by atoms with Crippen LogP contribution < -0.4 is 16.6 Å². The molecule has 0 aliphatic carbocycles. The van der Waals surface area contributed by atoms with E-state index in [-0.39, 0.29) is 5.56 Å². The van der Waals surface area contributed by atoms with Crippen LogP contribution in [-0.2, 0) is 0 Å². The van der Waals surface area contributed by atoms with Crippen LogP contribution in [0, 0.1) is 0 Å². The first-order valence-electron chi connectivity index (χ1n) is 7.03. The van der Waals surface area contributed by atoms with Gasteiger partial charge in [0.2, 0.25) is 0 Å². The van der Waals surface area contributed by atoms with Gasteiger partial charge in [0, 0.05) is 16.9 Å². The van der Waals surface area contributed by atoms with Gasteiger partial charge in [-0.2, -0.15) is 0 Å². The summed E-state index contributed by atoms with van der Waals surface area (Å²) in [6.45, 7) is 0. The molecule has 2 aromatic carbocycles. The fourth-order valence-corrected chi connectivity index (χ4v) is 2.30. The van der Waals surface area contributed by atoms with E-state index in [1.54, 1.807) is 54.6 Å². The zero-order chi connectivity index (χ0) is 17.1. The average Bonchev–Trinajstić information content (AvgIpc) is 2.58. The lowest BCUT2D eigenvalue weighted by molar-refractivity contribution is 0.102. The number of nitrogens with one attached hydrogen (secondary N) is 2. The van der Waals surface area contributed by atoms with Gasteiger partial charge in [-0.05, 0) is 36.4 Å².